The molecular formula is C19H20N6O2. The summed E-state index contributed by atoms with van der Waals surface area (Å²) >= 11 is 0. The fourth-order valence-electron chi connectivity index (χ4n) is 3.52. The van der Waals surface area contributed by atoms with Crippen LogP contribution in [0.15, 0.2) is 30.7 Å². The third-order valence-electron chi connectivity index (χ3n) is 4.86. The zero-order valence-electron chi connectivity index (χ0n) is 15.1. The molecular weight excluding hydrogens is 344 g/mol. The van der Waals surface area contributed by atoms with Crippen LogP contribution in [-0.2, 0) is 4.74 Å². The first-order valence-electron chi connectivity index (χ1n) is 8.92. The maximum absolute atomic E-state index is 12.1. The smallest absolute Gasteiger partial charge is 0.410 e. The third kappa shape index (κ3) is 3.24. The van der Waals surface area contributed by atoms with Gasteiger partial charge in [0.05, 0.1) is 12.6 Å². The van der Waals surface area contributed by atoms with Gasteiger partial charge in [0.1, 0.15) is 24.1 Å². The van der Waals surface area contributed by atoms with Crippen molar-refractivity contribution in [2.24, 2.45) is 0 Å². The maximum Gasteiger partial charge on any atom is 0.410 e. The number of nitrogens with one attached hydrogen (secondary N) is 1. The molecule has 1 N–H and O–H groups in total. The Morgan fingerprint density at radius 2 is 2.37 bits per heavy atom. The van der Waals surface area contributed by atoms with E-state index in [0.29, 0.717) is 6.54 Å². The number of carbonyl (C=O) groups is 1. The lowest BCUT2D eigenvalue weighted by Crippen LogP contribution is -2.43. The van der Waals surface area contributed by atoms with E-state index in [-0.39, 0.29) is 12.6 Å². The number of pyridine rings is 2. The summed E-state index contributed by atoms with van der Waals surface area (Å²) in [6, 6.07) is 5.91. The van der Waals surface area contributed by atoms with Crippen molar-refractivity contribution in [1.82, 2.24) is 19.9 Å². The van der Waals surface area contributed by atoms with Gasteiger partial charge in [-0.05, 0) is 25.0 Å². The summed E-state index contributed by atoms with van der Waals surface area (Å²) in [7, 11) is 1.56. The average Bonchev–Trinajstić information content (AvgIpc) is 3.17. The molecule has 1 fully saturated rings. The number of hydrogen-bond donors (Lipinski definition) is 1. The SMILES string of the molecule is CN(CC#N)C(=O)OC1CCCN(c2nccc3cnc4[nH]ccc4c23)C1. The normalized spacial score (nSPS) is 17.0. The van der Waals surface area contributed by atoms with Gasteiger partial charge in [0.25, 0.3) is 0 Å². The summed E-state index contributed by atoms with van der Waals surface area (Å²) in [5, 5.41) is 11.8. The summed E-state index contributed by atoms with van der Waals surface area (Å²) in [5.74, 6) is 0.880. The molecule has 0 aliphatic carbocycles. The molecule has 0 radical (unpaired) electrons. The number of amides is 1. The van der Waals surface area contributed by atoms with Crippen molar-refractivity contribution in [3.8, 4) is 6.07 Å². The molecule has 0 aromatic carbocycles. The van der Waals surface area contributed by atoms with Gasteiger partial charge in [-0.2, -0.15) is 5.26 Å². The van der Waals surface area contributed by atoms with Crippen molar-refractivity contribution in [1.29, 1.82) is 5.26 Å². The molecule has 1 saturated heterocycles. The summed E-state index contributed by atoms with van der Waals surface area (Å²) < 4.78 is 5.59. The number of nitrogens with zero attached hydrogens (tertiary/aromatic N) is 5. The Kier molecular flexibility index (Phi) is 4.50. The number of fused-ring (bicyclic) bond motifs is 3. The molecule has 3 aromatic heterocycles. The lowest BCUT2D eigenvalue weighted by molar-refractivity contribution is 0.0646. The number of aromatic nitrogens is 3. The highest BCUT2D eigenvalue weighted by molar-refractivity contribution is 6.10. The van der Waals surface area contributed by atoms with Gasteiger partial charge in [-0.3, -0.25) is 4.90 Å². The first kappa shape index (κ1) is 17.1. The lowest BCUT2D eigenvalue weighted by atomic mass is 10.1. The summed E-state index contributed by atoms with van der Waals surface area (Å²) in [5.41, 5.74) is 0.829. The molecule has 1 aliphatic rings. The fourth-order valence-corrected chi connectivity index (χ4v) is 3.52. The highest BCUT2D eigenvalue weighted by atomic mass is 16.6. The van der Waals surface area contributed by atoms with Gasteiger partial charge in [-0.15, -0.1) is 0 Å². The van der Waals surface area contributed by atoms with Crippen LogP contribution in [0.4, 0.5) is 10.6 Å². The van der Waals surface area contributed by atoms with Gasteiger partial charge in [-0.25, -0.2) is 14.8 Å². The number of nitriles is 1. The van der Waals surface area contributed by atoms with E-state index in [0.717, 1.165) is 47.0 Å². The van der Waals surface area contributed by atoms with Crippen LogP contribution >= 0.6 is 0 Å². The molecule has 8 nitrogen and oxygen atoms in total. The number of hydrogen-bond acceptors (Lipinski definition) is 6. The molecule has 0 saturated carbocycles. The molecule has 138 valence electrons. The van der Waals surface area contributed by atoms with E-state index >= 15 is 0 Å². The van der Waals surface area contributed by atoms with Crippen molar-refractivity contribution in [3.05, 3.63) is 30.7 Å². The zero-order valence-corrected chi connectivity index (χ0v) is 15.1. The Hall–Kier alpha value is -3.34. The number of ether oxygens (including phenoxy) is 1. The van der Waals surface area contributed by atoms with Gasteiger partial charge in [0.2, 0.25) is 0 Å². The molecule has 0 bridgehead atoms. The minimum absolute atomic E-state index is 0.0125. The van der Waals surface area contributed by atoms with Crippen LogP contribution in [-0.4, -0.2) is 58.7 Å². The number of carbonyl (C=O) groups excluding carboxylic acids is 1. The fraction of sp³-hybridized carbons (Fsp3) is 0.368. The van der Waals surface area contributed by atoms with Crippen LogP contribution in [0.5, 0.6) is 0 Å². The second-order valence-corrected chi connectivity index (χ2v) is 6.71. The van der Waals surface area contributed by atoms with E-state index in [4.69, 9.17) is 10.00 Å². The van der Waals surface area contributed by atoms with Crippen LogP contribution in [0.1, 0.15) is 12.8 Å². The first-order valence-corrected chi connectivity index (χ1v) is 8.92. The van der Waals surface area contributed by atoms with Crippen molar-refractivity contribution in [3.63, 3.8) is 0 Å². The van der Waals surface area contributed by atoms with E-state index in [1.807, 2.05) is 30.6 Å². The number of aromatic amines is 1. The summed E-state index contributed by atoms with van der Waals surface area (Å²) in [4.78, 5) is 27.8. The zero-order chi connectivity index (χ0) is 18.8. The summed E-state index contributed by atoms with van der Waals surface area (Å²) in [6.07, 6.45) is 6.51. The van der Waals surface area contributed by atoms with E-state index in [9.17, 15) is 4.79 Å². The second kappa shape index (κ2) is 7.11. The Labute approximate surface area is 156 Å². The topological polar surface area (TPSA) is 98.1 Å². The Morgan fingerprint density at radius 1 is 1.48 bits per heavy atom. The van der Waals surface area contributed by atoms with Crippen molar-refractivity contribution in [2.45, 2.75) is 18.9 Å². The van der Waals surface area contributed by atoms with Crippen LogP contribution in [0, 0.1) is 11.3 Å². The largest absolute Gasteiger partial charge is 0.444 e. The number of H-pyrrole nitrogens is 1. The Balaban J connectivity index is 1.61. The highest BCUT2D eigenvalue weighted by Gasteiger charge is 2.26. The Bertz CT molecular complexity index is 1020. The molecule has 8 heteroatoms. The predicted octanol–water partition coefficient (Wildman–Crippen LogP) is 2.67. The molecule has 1 unspecified atom stereocenters. The van der Waals surface area contributed by atoms with Crippen LogP contribution < -0.4 is 4.90 Å². The Morgan fingerprint density at radius 3 is 3.22 bits per heavy atom. The van der Waals surface area contributed by atoms with Crippen molar-refractivity contribution in [2.75, 3.05) is 31.6 Å². The van der Waals surface area contributed by atoms with Gasteiger partial charge in [0.15, 0.2) is 0 Å². The lowest BCUT2D eigenvalue weighted by Gasteiger charge is -2.34. The predicted molar refractivity (Wildman–Crippen MR) is 101 cm³/mol. The molecule has 0 spiro atoms. The van der Waals surface area contributed by atoms with E-state index in [2.05, 4.69) is 19.9 Å². The van der Waals surface area contributed by atoms with Gasteiger partial charge in [-0.1, -0.05) is 0 Å². The average molecular weight is 364 g/mol. The molecule has 1 amide bonds. The monoisotopic (exact) mass is 364 g/mol. The highest BCUT2D eigenvalue weighted by Crippen LogP contribution is 2.32. The number of piperidine rings is 1. The molecule has 3 aromatic rings. The molecule has 4 heterocycles. The van der Waals surface area contributed by atoms with E-state index in [1.165, 1.54) is 4.90 Å². The van der Waals surface area contributed by atoms with Crippen LogP contribution in [0.25, 0.3) is 21.8 Å². The molecule has 1 atom stereocenters. The first-order chi connectivity index (χ1) is 13.2. The molecule has 1 aliphatic heterocycles. The quantitative estimate of drug-likeness (QED) is 0.718. The standard InChI is InChI=1S/C19H20N6O2/c1-24(10-6-20)19(26)27-14-3-2-9-25(12-14)18-16-13(4-7-22-18)11-23-17-15(16)5-8-21-17/h4-5,7-8,11,14H,2-3,9-10,12H2,1H3,(H,21,23). The van der Waals surface area contributed by atoms with E-state index < -0.39 is 6.09 Å². The molecule has 4 rings (SSSR count). The second-order valence-electron chi connectivity index (χ2n) is 6.71. The van der Waals surface area contributed by atoms with E-state index in [1.54, 1.807) is 13.2 Å². The van der Waals surface area contributed by atoms with Crippen LogP contribution in [0.2, 0.25) is 0 Å². The van der Waals surface area contributed by atoms with Gasteiger partial charge in [0, 0.05) is 48.3 Å². The summed E-state index contributed by atoms with van der Waals surface area (Å²) in [6.45, 7) is 1.44. The van der Waals surface area contributed by atoms with Gasteiger partial charge < -0.3 is 14.6 Å². The maximum atomic E-state index is 12.1. The minimum Gasteiger partial charge on any atom is -0.444 e. The van der Waals surface area contributed by atoms with Crippen molar-refractivity contribution >= 4 is 33.7 Å². The minimum atomic E-state index is -0.466. The number of rotatable bonds is 3. The molecule has 27 heavy (non-hydrogen) atoms. The number of anilines is 1. The third-order valence-corrected chi connectivity index (χ3v) is 4.86. The van der Waals surface area contributed by atoms with Crippen molar-refractivity contribution < 1.29 is 9.53 Å². The van der Waals surface area contributed by atoms with Crippen LogP contribution in [0.3, 0.4) is 0 Å². The van der Waals surface area contributed by atoms with Gasteiger partial charge >= 0.3 is 6.09 Å².